The number of aryl methyl sites for hydroxylation is 1. The van der Waals surface area contributed by atoms with Crippen LogP contribution in [0.15, 0.2) is 60.7 Å². The molecular formula is C19H17NO. The zero-order valence-corrected chi connectivity index (χ0v) is 11.7. The van der Waals surface area contributed by atoms with Crippen molar-refractivity contribution >= 4 is 16.5 Å². The molecule has 4 rings (SSSR count). The molecule has 0 radical (unpaired) electrons. The molecule has 0 aliphatic heterocycles. The van der Waals surface area contributed by atoms with Crippen LogP contribution in [-0.4, -0.2) is 5.11 Å². The van der Waals surface area contributed by atoms with Crippen molar-refractivity contribution in [2.24, 2.45) is 0 Å². The van der Waals surface area contributed by atoms with Gasteiger partial charge in [0.25, 0.3) is 0 Å². The summed E-state index contributed by atoms with van der Waals surface area (Å²) in [7, 11) is 0. The molecule has 0 fully saturated rings. The molecule has 104 valence electrons. The Morgan fingerprint density at radius 1 is 0.952 bits per heavy atom. The number of rotatable bonds is 2. The molecule has 0 bridgehead atoms. The second-order valence-corrected chi connectivity index (χ2v) is 5.65. The lowest BCUT2D eigenvalue weighted by molar-refractivity contribution is 0.474. The number of fused-ring (bicyclic) bond motifs is 2. The van der Waals surface area contributed by atoms with Gasteiger partial charge >= 0.3 is 0 Å². The predicted octanol–water partition coefficient (Wildman–Crippen LogP) is 4.64. The van der Waals surface area contributed by atoms with Gasteiger partial charge in [-0.05, 0) is 47.6 Å². The highest BCUT2D eigenvalue weighted by atomic mass is 16.3. The number of hydrogen-bond acceptors (Lipinski definition) is 2. The molecule has 0 amide bonds. The van der Waals surface area contributed by atoms with Gasteiger partial charge in [-0.15, -0.1) is 0 Å². The van der Waals surface area contributed by atoms with E-state index in [1.165, 1.54) is 27.6 Å². The Bertz CT molecular complexity index is 804. The fourth-order valence-electron chi connectivity index (χ4n) is 3.29. The van der Waals surface area contributed by atoms with Crippen molar-refractivity contribution < 1.29 is 5.11 Å². The highest BCUT2D eigenvalue weighted by Gasteiger charge is 2.22. The van der Waals surface area contributed by atoms with Gasteiger partial charge in [-0.25, -0.2) is 0 Å². The zero-order valence-electron chi connectivity index (χ0n) is 11.7. The topological polar surface area (TPSA) is 32.3 Å². The third kappa shape index (κ3) is 2.13. The van der Waals surface area contributed by atoms with E-state index in [1.54, 1.807) is 6.07 Å². The van der Waals surface area contributed by atoms with Crippen LogP contribution >= 0.6 is 0 Å². The Labute approximate surface area is 124 Å². The average Bonchev–Trinajstić information content (AvgIpc) is 2.90. The number of hydrogen-bond donors (Lipinski definition) is 2. The van der Waals surface area contributed by atoms with Crippen LogP contribution < -0.4 is 5.32 Å². The number of anilines is 1. The molecular weight excluding hydrogens is 258 g/mol. The number of aromatic hydroxyl groups is 1. The summed E-state index contributed by atoms with van der Waals surface area (Å²) in [5.41, 5.74) is 3.74. The Balaban J connectivity index is 1.71. The smallest absolute Gasteiger partial charge is 0.115 e. The van der Waals surface area contributed by atoms with E-state index in [4.69, 9.17) is 0 Å². The van der Waals surface area contributed by atoms with E-state index in [1.807, 2.05) is 12.1 Å². The fourth-order valence-corrected chi connectivity index (χ4v) is 3.29. The first-order chi connectivity index (χ1) is 10.3. The van der Waals surface area contributed by atoms with E-state index in [2.05, 4.69) is 47.8 Å². The van der Waals surface area contributed by atoms with Gasteiger partial charge in [-0.2, -0.15) is 0 Å². The summed E-state index contributed by atoms with van der Waals surface area (Å²) in [6, 6.07) is 20.9. The zero-order chi connectivity index (χ0) is 14.2. The number of phenolic OH excluding ortho intramolecular Hbond substituents is 1. The fraction of sp³-hybridized carbons (Fsp3) is 0.158. The molecule has 0 spiro atoms. The largest absolute Gasteiger partial charge is 0.508 e. The van der Waals surface area contributed by atoms with Gasteiger partial charge in [-0.1, -0.05) is 42.5 Å². The molecule has 2 nitrogen and oxygen atoms in total. The van der Waals surface area contributed by atoms with Crippen LogP contribution in [0.3, 0.4) is 0 Å². The van der Waals surface area contributed by atoms with E-state index >= 15 is 0 Å². The van der Waals surface area contributed by atoms with Gasteiger partial charge in [0.15, 0.2) is 0 Å². The van der Waals surface area contributed by atoms with Crippen molar-refractivity contribution in [3.8, 4) is 5.75 Å². The third-order valence-corrected chi connectivity index (χ3v) is 4.32. The Morgan fingerprint density at radius 3 is 2.76 bits per heavy atom. The maximum absolute atomic E-state index is 9.59. The molecule has 1 atom stereocenters. The van der Waals surface area contributed by atoms with Crippen molar-refractivity contribution in [3.63, 3.8) is 0 Å². The lowest BCUT2D eigenvalue weighted by atomic mass is 10.1. The van der Waals surface area contributed by atoms with Crippen LogP contribution in [0, 0.1) is 0 Å². The highest BCUT2D eigenvalue weighted by molar-refractivity contribution is 5.93. The molecule has 0 heterocycles. The lowest BCUT2D eigenvalue weighted by Gasteiger charge is -2.17. The van der Waals surface area contributed by atoms with Crippen molar-refractivity contribution in [1.82, 2.24) is 0 Å². The van der Waals surface area contributed by atoms with Crippen LogP contribution in [0.1, 0.15) is 23.6 Å². The van der Waals surface area contributed by atoms with Crippen LogP contribution in [0.5, 0.6) is 5.75 Å². The molecule has 2 N–H and O–H groups in total. The van der Waals surface area contributed by atoms with Crippen molar-refractivity contribution in [2.75, 3.05) is 5.32 Å². The first-order valence-corrected chi connectivity index (χ1v) is 7.37. The molecule has 2 heteroatoms. The lowest BCUT2D eigenvalue weighted by Crippen LogP contribution is -2.07. The van der Waals surface area contributed by atoms with E-state index in [9.17, 15) is 5.11 Å². The first kappa shape index (κ1) is 12.3. The number of benzene rings is 3. The van der Waals surface area contributed by atoms with E-state index in [0.29, 0.717) is 11.8 Å². The average molecular weight is 275 g/mol. The molecule has 0 aromatic heterocycles. The van der Waals surface area contributed by atoms with Crippen molar-refractivity contribution in [3.05, 3.63) is 71.8 Å². The summed E-state index contributed by atoms with van der Waals surface area (Å²) in [6.07, 6.45) is 2.09. The van der Waals surface area contributed by atoms with E-state index in [-0.39, 0.29) is 0 Å². The minimum Gasteiger partial charge on any atom is -0.508 e. The quantitative estimate of drug-likeness (QED) is 0.713. The molecule has 0 saturated carbocycles. The summed E-state index contributed by atoms with van der Waals surface area (Å²) in [5.74, 6) is 0.361. The first-order valence-electron chi connectivity index (χ1n) is 7.37. The van der Waals surface area contributed by atoms with Gasteiger partial charge in [0.05, 0.1) is 6.04 Å². The van der Waals surface area contributed by atoms with Gasteiger partial charge in [-0.3, -0.25) is 0 Å². The monoisotopic (exact) mass is 275 g/mol. The van der Waals surface area contributed by atoms with E-state index in [0.717, 1.165) is 12.8 Å². The summed E-state index contributed by atoms with van der Waals surface area (Å²) >= 11 is 0. The Kier molecular flexibility index (Phi) is 2.81. The number of phenols is 1. The molecule has 1 aliphatic rings. The minimum atomic E-state index is 0.325. The van der Waals surface area contributed by atoms with E-state index < -0.39 is 0 Å². The Hall–Kier alpha value is -2.48. The van der Waals surface area contributed by atoms with Crippen LogP contribution in [0.4, 0.5) is 5.69 Å². The molecule has 1 aliphatic carbocycles. The second kappa shape index (κ2) is 4.81. The molecule has 0 saturated heterocycles. The van der Waals surface area contributed by atoms with Gasteiger partial charge in [0.2, 0.25) is 0 Å². The molecule has 3 aromatic rings. The number of nitrogens with one attached hydrogen (secondary N) is 1. The standard InChI is InChI=1S/C19H17NO/c21-15-9-10-17-14(12-15)8-11-19(17)20-18-7-3-5-13-4-1-2-6-16(13)18/h1-7,9-10,12,19-21H,8,11H2. The summed E-state index contributed by atoms with van der Waals surface area (Å²) in [4.78, 5) is 0. The molecule has 21 heavy (non-hydrogen) atoms. The van der Waals surface area contributed by atoms with Gasteiger partial charge in [0.1, 0.15) is 5.75 Å². The summed E-state index contributed by atoms with van der Waals surface area (Å²) in [6.45, 7) is 0. The summed E-state index contributed by atoms with van der Waals surface area (Å²) in [5, 5.41) is 15.8. The van der Waals surface area contributed by atoms with Crippen molar-refractivity contribution in [1.29, 1.82) is 0 Å². The SMILES string of the molecule is Oc1ccc2c(c1)CCC2Nc1cccc2ccccc12. The van der Waals surface area contributed by atoms with Crippen LogP contribution in [-0.2, 0) is 6.42 Å². The van der Waals surface area contributed by atoms with Crippen molar-refractivity contribution in [2.45, 2.75) is 18.9 Å². The van der Waals surface area contributed by atoms with Crippen LogP contribution in [0.2, 0.25) is 0 Å². The molecule has 3 aromatic carbocycles. The van der Waals surface area contributed by atoms with Crippen LogP contribution in [0.25, 0.3) is 10.8 Å². The highest BCUT2D eigenvalue weighted by Crippen LogP contribution is 2.37. The third-order valence-electron chi connectivity index (χ3n) is 4.32. The van der Waals surface area contributed by atoms with Gasteiger partial charge in [0, 0.05) is 11.1 Å². The van der Waals surface area contributed by atoms with Gasteiger partial charge < -0.3 is 10.4 Å². The maximum atomic E-state index is 9.59. The Morgan fingerprint density at radius 2 is 1.81 bits per heavy atom. The maximum Gasteiger partial charge on any atom is 0.115 e. The second-order valence-electron chi connectivity index (χ2n) is 5.65. The molecule has 1 unspecified atom stereocenters. The summed E-state index contributed by atoms with van der Waals surface area (Å²) < 4.78 is 0. The normalized spacial score (nSPS) is 16.9. The minimum absolute atomic E-state index is 0.325. The predicted molar refractivity (Wildman–Crippen MR) is 86.7 cm³/mol.